The maximum atomic E-state index is 6.08. The average molecular weight is 252 g/mol. The Hall–Kier alpha value is -1.18. The van der Waals surface area contributed by atoms with Gasteiger partial charge in [0, 0.05) is 5.69 Å². The molecule has 2 rings (SSSR count). The lowest BCUT2D eigenvalue weighted by Crippen LogP contribution is -1.91. The molecular formula is C13H11Cl2N. The number of halogens is 2. The molecule has 0 saturated carbocycles. The van der Waals surface area contributed by atoms with Crippen LogP contribution < -0.4 is 5.32 Å². The highest BCUT2D eigenvalue weighted by Gasteiger charge is 2.03. The van der Waals surface area contributed by atoms with Crippen LogP contribution in [-0.4, -0.2) is 0 Å². The van der Waals surface area contributed by atoms with E-state index in [1.165, 1.54) is 5.56 Å². The van der Waals surface area contributed by atoms with Crippen LogP contribution in [0.3, 0.4) is 0 Å². The standard InChI is InChI=1S/C13H11Cl2N/c1-9-5-7-10(8-6-9)16-12-4-2-3-11(14)13(12)15/h2-8,16H,1H3. The first-order valence-corrected chi connectivity index (χ1v) is 5.70. The third-order valence-electron chi connectivity index (χ3n) is 2.28. The van der Waals surface area contributed by atoms with E-state index in [2.05, 4.69) is 12.2 Å². The lowest BCUT2D eigenvalue weighted by atomic mass is 10.2. The summed E-state index contributed by atoms with van der Waals surface area (Å²) < 4.78 is 0. The first-order chi connectivity index (χ1) is 7.66. The van der Waals surface area contributed by atoms with Gasteiger partial charge in [-0.05, 0) is 31.2 Å². The molecule has 2 aromatic carbocycles. The van der Waals surface area contributed by atoms with Gasteiger partial charge in [0.25, 0.3) is 0 Å². The third kappa shape index (κ3) is 2.49. The van der Waals surface area contributed by atoms with E-state index < -0.39 is 0 Å². The van der Waals surface area contributed by atoms with Crippen molar-refractivity contribution in [1.29, 1.82) is 0 Å². The van der Waals surface area contributed by atoms with Crippen molar-refractivity contribution in [2.75, 3.05) is 5.32 Å². The second kappa shape index (κ2) is 4.77. The van der Waals surface area contributed by atoms with Crippen molar-refractivity contribution >= 4 is 34.6 Å². The van der Waals surface area contributed by atoms with E-state index in [1.807, 2.05) is 36.4 Å². The molecule has 0 bridgehead atoms. The molecule has 0 amide bonds. The van der Waals surface area contributed by atoms with Gasteiger partial charge in [0.2, 0.25) is 0 Å². The maximum absolute atomic E-state index is 6.08. The summed E-state index contributed by atoms with van der Waals surface area (Å²) in [6, 6.07) is 13.6. The van der Waals surface area contributed by atoms with E-state index in [9.17, 15) is 0 Å². The number of anilines is 2. The summed E-state index contributed by atoms with van der Waals surface area (Å²) in [7, 11) is 0. The summed E-state index contributed by atoms with van der Waals surface area (Å²) in [6.07, 6.45) is 0. The van der Waals surface area contributed by atoms with Gasteiger partial charge in [0.05, 0.1) is 15.7 Å². The van der Waals surface area contributed by atoms with Gasteiger partial charge in [-0.3, -0.25) is 0 Å². The molecule has 82 valence electrons. The summed E-state index contributed by atoms with van der Waals surface area (Å²) in [4.78, 5) is 0. The summed E-state index contributed by atoms with van der Waals surface area (Å²) >= 11 is 12.0. The van der Waals surface area contributed by atoms with E-state index >= 15 is 0 Å². The Morgan fingerprint density at radius 1 is 0.938 bits per heavy atom. The SMILES string of the molecule is Cc1ccc(Nc2cccc(Cl)c2Cl)cc1. The van der Waals surface area contributed by atoms with Crippen molar-refractivity contribution in [2.45, 2.75) is 6.92 Å². The topological polar surface area (TPSA) is 12.0 Å². The van der Waals surface area contributed by atoms with Gasteiger partial charge < -0.3 is 5.32 Å². The van der Waals surface area contributed by atoms with Gasteiger partial charge in [0.15, 0.2) is 0 Å². The van der Waals surface area contributed by atoms with Crippen LogP contribution >= 0.6 is 23.2 Å². The molecular weight excluding hydrogens is 241 g/mol. The zero-order chi connectivity index (χ0) is 11.5. The molecule has 0 aliphatic heterocycles. The molecule has 0 saturated heterocycles. The summed E-state index contributed by atoms with van der Waals surface area (Å²) in [5.74, 6) is 0. The summed E-state index contributed by atoms with van der Waals surface area (Å²) in [5.41, 5.74) is 3.04. The normalized spacial score (nSPS) is 10.2. The highest BCUT2D eigenvalue weighted by Crippen LogP contribution is 2.31. The molecule has 1 N–H and O–H groups in total. The number of rotatable bonds is 2. The third-order valence-corrected chi connectivity index (χ3v) is 3.10. The van der Waals surface area contributed by atoms with Gasteiger partial charge in [-0.2, -0.15) is 0 Å². The number of hydrogen-bond acceptors (Lipinski definition) is 1. The number of hydrogen-bond donors (Lipinski definition) is 1. The minimum Gasteiger partial charge on any atom is -0.354 e. The Morgan fingerprint density at radius 3 is 2.31 bits per heavy atom. The van der Waals surface area contributed by atoms with E-state index in [1.54, 1.807) is 6.07 Å². The van der Waals surface area contributed by atoms with Crippen LogP contribution in [0.2, 0.25) is 10.0 Å². The monoisotopic (exact) mass is 251 g/mol. The molecule has 0 unspecified atom stereocenters. The molecule has 0 aliphatic carbocycles. The Balaban J connectivity index is 2.27. The molecule has 1 nitrogen and oxygen atoms in total. The zero-order valence-electron chi connectivity index (χ0n) is 8.80. The predicted octanol–water partition coefficient (Wildman–Crippen LogP) is 5.05. The first kappa shape index (κ1) is 11.3. The quantitative estimate of drug-likeness (QED) is 0.788. The van der Waals surface area contributed by atoms with E-state index in [4.69, 9.17) is 23.2 Å². The van der Waals surface area contributed by atoms with E-state index in [0.717, 1.165) is 11.4 Å². The fourth-order valence-corrected chi connectivity index (χ4v) is 1.74. The Morgan fingerprint density at radius 2 is 1.62 bits per heavy atom. The Kier molecular flexibility index (Phi) is 3.37. The first-order valence-electron chi connectivity index (χ1n) is 4.94. The zero-order valence-corrected chi connectivity index (χ0v) is 10.3. The van der Waals surface area contributed by atoms with Crippen LogP contribution in [0.5, 0.6) is 0 Å². The fraction of sp³-hybridized carbons (Fsp3) is 0.0769. The van der Waals surface area contributed by atoms with Crippen LogP contribution in [0, 0.1) is 6.92 Å². The van der Waals surface area contributed by atoms with E-state index in [0.29, 0.717) is 10.0 Å². The van der Waals surface area contributed by atoms with Gasteiger partial charge in [-0.1, -0.05) is 47.0 Å². The molecule has 0 fully saturated rings. The summed E-state index contributed by atoms with van der Waals surface area (Å²) in [6.45, 7) is 2.05. The number of nitrogens with one attached hydrogen (secondary N) is 1. The van der Waals surface area contributed by atoms with Crippen molar-refractivity contribution in [3.8, 4) is 0 Å². The summed E-state index contributed by atoms with van der Waals surface area (Å²) in [5, 5.41) is 4.32. The van der Waals surface area contributed by atoms with Crippen LogP contribution in [0.4, 0.5) is 11.4 Å². The molecule has 0 radical (unpaired) electrons. The van der Waals surface area contributed by atoms with Crippen LogP contribution in [0.1, 0.15) is 5.56 Å². The number of aryl methyl sites for hydroxylation is 1. The molecule has 2 aromatic rings. The predicted molar refractivity (Wildman–Crippen MR) is 70.9 cm³/mol. The van der Waals surface area contributed by atoms with Crippen molar-refractivity contribution < 1.29 is 0 Å². The second-order valence-corrected chi connectivity index (χ2v) is 4.38. The van der Waals surface area contributed by atoms with Gasteiger partial charge in [-0.15, -0.1) is 0 Å². The fourth-order valence-electron chi connectivity index (χ4n) is 1.39. The molecule has 16 heavy (non-hydrogen) atoms. The van der Waals surface area contributed by atoms with Crippen molar-refractivity contribution in [2.24, 2.45) is 0 Å². The van der Waals surface area contributed by atoms with Crippen molar-refractivity contribution in [3.05, 3.63) is 58.1 Å². The molecule has 0 aromatic heterocycles. The Labute approximate surface area is 105 Å². The van der Waals surface area contributed by atoms with Gasteiger partial charge in [0.1, 0.15) is 0 Å². The van der Waals surface area contributed by atoms with Crippen LogP contribution in [0.25, 0.3) is 0 Å². The van der Waals surface area contributed by atoms with E-state index in [-0.39, 0.29) is 0 Å². The minimum absolute atomic E-state index is 0.546. The molecule has 0 atom stereocenters. The lowest BCUT2D eigenvalue weighted by Gasteiger charge is -2.09. The smallest absolute Gasteiger partial charge is 0.0827 e. The van der Waals surface area contributed by atoms with Gasteiger partial charge in [-0.25, -0.2) is 0 Å². The van der Waals surface area contributed by atoms with Gasteiger partial charge >= 0.3 is 0 Å². The van der Waals surface area contributed by atoms with Crippen molar-refractivity contribution in [3.63, 3.8) is 0 Å². The largest absolute Gasteiger partial charge is 0.354 e. The molecule has 0 aliphatic rings. The lowest BCUT2D eigenvalue weighted by molar-refractivity contribution is 1.45. The molecule has 3 heteroatoms. The highest BCUT2D eigenvalue weighted by atomic mass is 35.5. The maximum Gasteiger partial charge on any atom is 0.0827 e. The highest BCUT2D eigenvalue weighted by molar-refractivity contribution is 6.43. The minimum atomic E-state index is 0.546. The second-order valence-electron chi connectivity index (χ2n) is 3.59. The van der Waals surface area contributed by atoms with Crippen LogP contribution in [0.15, 0.2) is 42.5 Å². The molecule has 0 spiro atoms. The van der Waals surface area contributed by atoms with Crippen LogP contribution in [-0.2, 0) is 0 Å². The van der Waals surface area contributed by atoms with Crippen molar-refractivity contribution in [1.82, 2.24) is 0 Å². The Bertz CT molecular complexity index is 492. The number of benzene rings is 2. The molecule has 0 heterocycles. The average Bonchev–Trinajstić information content (AvgIpc) is 2.28.